The van der Waals surface area contributed by atoms with Crippen LogP contribution in [0.4, 0.5) is 0 Å². The number of aromatic nitrogens is 1. The van der Waals surface area contributed by atoms with Crippen molar-refractivity contribution in [2.45, 2.75) is 37.5 Å². The van der Waals surface area contributed by atoms with E-state index in [9.17, 15) is 4.79 Å². The SMILES string of the molecule is CN=C(NCC(=O)N(C)CCc1ccccn1)NCC1(c2ccccc2)CCCC1.I. The van der Waals surface area contributed by atoms with Gasteiger partial charge in [0, 0.05) is 50.9 Å². The molecule has 1 heterocycles. The van der Waals surface area contributed by atoms with Gasteiger partial charge in [-0.15, -0.1) is 24.0 Å². The van der Waals surface area contributed by atoms with Gasteiger partial charge in [0.1, 0.15) is 0 Å². The lowest BCUT2D eigenvalue weighted by molar-refractivity contribution is -0.128. The van der Waals surface area contributed by atoms with E-state index in [1.165, 1.54) is 31.2 Å². The van der Waals surface area contributed by atoms with Gasteiger partial charge in [0.25, 0.3) is 0 Å². The molecule has 1 aliphatic carbocycles. The number of carbonyl (C=O) groups is 1. The third kappa shape index (κ3) is 7.19. The number of carbonyl (C=O) groups excluding carboxylic acids is 1. The Hall–Kier alpha value is -2.16. The Balaban J connectivity index is 0.00000341. The number of halogens is 1. The number of amides is 1. The van der Waals surface area contributed by atoms with Crippen molar-refractivity contribution in [3.05, 3.63) is 66.0 Å². The minimum absolute atomic E-state index is 0. The molecule has 1 aliphatic rings. The summed E-state index contributed by atoms with van der Waals surface area (Å²) in [5, 5.41) is 6.63. The maximum Gasteiger partial charge on any atom is 0.241 e. The van der Waals surface area contributed by atoms with Crippen molar-refractivity contribution >= 4 is 35.8 Å². The van der Waals surface area contributed by atoms with Gasteiger partial charge in [0.15, 0.2) is 5.96 Å². The summed E-state index contributed by atoms with van der Waals surface area (Å²) in [6, 6.07) is 16.6. The molecule has 31 heavy (non-hydrogen) atoms. The molecular weight excluding hydrogens is 501 g/mol. The number of hydrogen-bond acceptors (Lipinski definition) is 3. The Morgan fingerprint density at radius 1 is 1.10 bits per heavy atom. The quantitative estimate of drug-likeness (QED) is 0.309. The van der Waals surface area contributed by atoms with E-state index in [0.29, 0.717) is 12.5 Å². The number of rotatable bonds is 8. The second-order valence-electron chi connectivity index (χ2n) is 8.02. The molecule has 1 aromatic carbocycles. The molecule has 168 valence electrons. The molecule has 0 atom stereocenters. The number of pyridine rings is 1. The normalized spacial score (nSPS) is 15.1. The summed E-state index contributed by atoms with van der Waals surface area (Å²) < 4.78 is 0. The molecular formula is C24H34IN5O. The Labute approximate surface area is 203 Å². The molecule has 1 aromatic heterocycles. The Morgan fingerprint density at radius 3 is 2.45 bits per heavy atom. The van der Waals surface area contributed by atoms with Crippen LogP contribution in [0, 0.1) is 0 Å². The molecule has 2 aromatic rings. The summed E-state index contributed by atoms with van der Waals surface area (Å²) >= 11 is 0. The highest BCUT2D eigenvalue weighted by atomic mass is 127. The number of likely N-dealkylation sites (N-methyl/N-ethyl adjacent to an activating group) is 1. The van der Waals surface area contributed by atoms with Crippen LogP contribution in [-0.4, -0.2) is 55.5 Å². The predicted octanol–water partition coefficient (Wildman–Crippen LogP) is 3.38. The van der Waals surface area contributed by atoms with E-state index in [1.807, 2.05) is 25.2 Å². The van der Waals surface area contributed by atoms with E-state index >= 15 is 0 Å². The number of nitrogens with one attached hydrogen (secondary N) is 2. The van der Waals surface area contributed by atoms with E-state index in [1.54, 1.807) is 18.1 Å². The fourth-order valence-electron chi connectivity index (χ4n) is 4.13. The van der Waals surface area contributed by atoms with Gasteiger partial charge in [-0.05, 0) is 30.5 Å². The average molecular weight is 535 g/mol. The van der Waals surface area contributed by atoms with E-state index in [0.717, 1.165) is 18.7 Å². The molecule has 7 heteroatoms. The Morgan fingerprint density at radius 2 is 1.81 bits per heavy atom. The van der Waals surface area contributed by atoms with Crippen molar-refractivity contribution < 1.29 is 4.79 Å². The second kappa shape index (κ2) is 12.6. The number of aliphatic imine (C=N–C) groups is 1. The summed E-state index contributed by atoms with van der Waals surface area (Å²) in [4.78, 5) is 22.8. The maximum absolute atomic E-state index is 12.5. The van der Waals surface area contributed by atoms with Crippen molar-refractivity contribution in [1.29, 1.82) is 0 Å². The largest absolute Gasteiger partial charge is 0.356 e. The molecule has 2 N–H and O–H groups in total. The van der Waals surface area contributed by atoms with Crippen LogP contribution in [0.25, 0.3) is 0 Å². The summed E-state index contributed by atoms with van der Waals surface area (Å²) in [5.41, 5.74) is 2.52. The summed E-state index contributed by atoms with van der Waals surface area (Å²) in [5.74, 6) is 0.705. The van der Waals surface area contributed by atoms with Crippen LogP contribution < -0.4 is 10.6 Å². The van der Waals surface area contributed by atoms with Gasteiger partial charge >= 0.3 is 0 Å². The third-order valence-electron chi connectivity index (χ3n) is 6.03. The average Bonchev–Trinajstić information content (AvgIpc) is 3.29. The van der Waals surface area contributed by atoms with Crippen LogP contribution in [0.15, 0.2) is 59.7 Å². The lowest BCUT2D eigenvalue weighted by atomic mass is 9.79. The summed E-state index contributed by atoms with van der Waals surface area (Å²) in [6.45, 7) is 1.68. The lowest BCUT2D eigenvalue weighted by Gasteiger charge is -2.31. The highest BCUT2D eigenvalue weighted by molar-refractivity contribution is 14.0. The number of guanidine groups is 1. The molecule has 1 fully saturated rings. The fraction of sp³-hybridized carbons (Fsp3) is 0.458. The zero-order valence-electron chi connectivity index (χ0n) is 18.5. The van der Waals surface area contributed by atoms with Gasteiger partial charge in [0.05, 0.1) is 6.54 Å². The van der Waals surface area contributed by atoms with Crippen molar-refractivity contribution in [2.24, 2.45) is 4.99 Å². The van der Waals surface area contributed by atoms with Gasteiger partial charge in [-0.2, -0.15) is 0 Å². The molecule has 1 saturated carbocycles. The molecule has 6 nitrogen and oxygen atoms in total. The lowest BCUT2D eigenvalue weighted by Crippen LogP contribution is -2.47. The van der Waals surface area contributed by atoms with Gasteiger partial charge in [-0.3, -0.25) is 14.8 Å². The van der Waals surface area contributed by atoms with E-state index in [2.05, 4.69) is 50.9 Å². The van der Waals surface area contributed by atoms with E-state index < -0.39 is 0 Å². The summed E-state index contributed by atoms with van der Waals surface area (Å²) in [6.07, 6.45) is 7.38. The Kier molecular flexibility index (Phi) is 10.2. The van der Waals surface area contributed by atoms with Crippen molar-refractivity contribution in [3.8, 4) is 0 Å². The minimum atomic E-state index is 0. The van der Waals surface area contributed by atoms with Gasteiger partial charge in [-0.25, -0.2) is 0 Å². The number of benzene rings is 1. The van der Waals surface area contributed by atoms with Gasteiger partial charge < -0.3 is 15.5 Å². The molecule has 0 bridgehead atoms. The first kappa shape index (κ1) is 25.1. The first-order valence-electron chi connectivity index (χ1n) is 10.8. The first-order chi connectivity index (χ1) is 14.6. The Bertz CT molecular complexity index is 822. The molecule has 0 aliphatic heterocycles. The smallest absolute Gasteiger partial charge is 0.241 e. The van der Waals surface area contributed by atoms with Crippen LogP contribution in [0.5, 0.6) is 0 Å². The number of hydrogen-bond donors (Lipinski definition) is 2. The standard InChI is InChI=1S/C24H33N5O.HI/c1-25-23(27-18-22(30)29(2)17-13-21-12-6-9-16-26-21)28-19-24(14-7-8-15-24)20-10-4-3-5-11-20;/h3-6,9-12,16H,7-8,13-15,17-19H2,1-2H3,(H2,25,27,28);1H. The van der Waals surface area contributed by atoms with Crippen LogP contribution in [0.1, 0.15) is 36.9 Å². The van der Waals surface area contributed by atoms with E-state index in [-0.39, 0.29) is 41.8 Å². The monoisotopic (exact) mass is 535 g/mol. The van der Waals surface area contributed by atoms with Crippen molar-refractivity contribution in [2.75, 3.05) is 33.7 Å². The van der Waals surface area contributed by atoms with Crippen LogP contribution >= 0.6 is 24.0 Å². The van der Waals surface area contributed by atoms with Crippen LogP contribution in [0.3, 0.4) is 0 Å². The van der Waals surface area contributed by atoms with Gasteiger partial charge in [-0.1, -0.05) is 49.2 Å². The minimum Gasteiger partial charge on any atom is -0.356 e. The van der Waals surface area contributed by atoms with Crippen molar-refractivity contribution in [1.82, 2.24) is 20.5 Å². The van der Waals surface area contributed by atoms with Crippen LogP contribution in [-0.2, 0) is 16.6 Å². The highest BCUT2D eigenvalue weighted by Gasteiger charge is 2.35. The zero-order chi connectivity index (χ0) is 21.2. The van der Waals surface area contributed by atoms with Gasteiger partial charge in [0.2, 0.25) is 5.91 Å². The molecule has 3 rings (SSSR count). The molecule has 0 spiro atoms. The first-order valence-corrected chi connectivity index (χ1v) is 10.8. The van der Waals surface area contributed by atoms with E-state index in [4.69, 9.17) is 0 Å². The molecule has 1 amide bonds. The molecule has 0 radical (unpaired) electrons. The predicted molar refractivity (Wildman–Crippen MR) is 137 cm³/mol. The fourth-order valence-corrected chi connectivity index (χ4v) is 4.13. The maximum atomic E-state index is 12.5. The number of nitrogens with zero attached hydrogens (tertiary/aromatic N) is 3. The topological polar surface area (TPSA) is 69.6 Å². The zero-order valence-corrected chi connectivity index (χ0v) is 20.8. The molecule has 0 saturated heterocycles. The van der Waals surface area contributed by atoms with Crippen molar-refractivity contribution in [3.63, 3.8) is 0 Å². The van der Waals surface area contributed by atoms with Crippen LogP contribution in [0.2, 0.25) is 0 Å². The summed E-state index contributed by atoms with van der Waals surface area (Å²) in [7, 11) is 3.57. The second-order valence-corrected chi connectivity index (χ2v) is 8.02. The third-order valence-corrected chi connectivity index (χ3v) is 6.03. The molecule has 0 unspecified atom stereocenters. The highest BCUT2D eigenvalue weighted by Crippen LogP contribution is 2.40.